The molecule has 1 aromatic carbocycles. The van der Waals surface area contributed by atoms with Crippen molar-refractivity contribution in [2.45, 2.75) is 26.7 Å². The number of halogens is 1. The molecule has 0 unspecified atom stereocenters. The van der Waals surface area contributed by atoms with Crippen molar-refractivity contribution in [1.29, 1.82) is 0 Å². The topological polar surface area (TPSA) is 25.8 Å². The van der Waals surface area contributed by atoms with E-state index in [0.717, 1.165) is 40.0 Å². The lowest BCUT2D eigenvalue weighted by Crippen LogP contribution is -1.98. The number of hydrogen-bond donors (Lipinski definition) is 0. The van der Waals surface area contributed by atoms with Crippen LogP contribution in [0.4, 0.5) is 0 Å². The number of benzene rings is 1. The van der Waals surface area contributed by atoms with Crippen LogP contribution in [0.25, 0.3) is 21.3 Å². The van der Waals surface area contributed by atoms with Crippen molar-refractivity contribution >= 4 is 33.2 Å². The number of aromatic nitrogens is 2. The molecule has 2 nitrogen and oxygen atoms in total. The van der Waals surface area contributed by atoms with Crippen molar-refractivity contribution in [1.82, 2.24) is 9.97 Å². The lowest BCUT2D eigenvalue weighted by atomic mass is 10.1. The Morgan fingerprint density at radius 2 is 1.90 bits per heavy atom. The number of hydrogen-bond acceptors (Lipinski definition) is 3. The number of thiophene rings is 1. The maximum Gasteiger partial charge on any atom is 0.142 e. The highest BCUT2D eigenvalue weighted by Gasteiger charge is 2.14. The average molecular weight is 317 g/mol. The largest absolute Gasteiger partial charge is 0.222 e. The molecule has 0 bridgehead atoms. The lowest BCUT2D eigenvalue weighted by Gasteiger charge is -2.05. The average Bonchev–Trinajstić information content (AvgIpc) is 2.90. The Kier molecular flexibility index (Phi) is 4.22. The van der Waals surface area contributed by atoms with Crippen LogP contribution in [-0.2, 0) is 6.42 Å². The Hall–Kier alpha value is -1.45. The molecule has 2 aromatic heterocycles. The van der Waals surface area contributed by atoms with E-state index in [4.69, 9.17) is 11.6 Å². The Bertz CT molecular complexity index is 750. The third-order valence-corrected chi connectivity index (χ3v) is 4.61. The van der Waals surface area contributed by atoms with Gasteiger partial charge in [-0.1, -0.05) is 55.8 Å². The monoisotopic (exact) mass is 316 g/mol. The maximum absolute atomic E-state index is 6.43. The summed E-state index contributed by atoms with van der Waals surface area (Å²) in [5, 5.41) is 3.66. The fourth-order valence-corrected chi connectivity index (χ4v) is 3.61. The molecule has 0 atom stereocenters. The van der Waals surface area contributed by atoms with Gasteiger partial charge in [0.05, 0.1) is 5.39 Å². The van der Waals surface area contributed by atoms with Gasteiger partial charge < -0.3 is 0 Å². The quantitative estimate of drug-likeness (QED) is 0.585. The first-order chi connectivity index (χ1) is 10.1. The van der Waals surface area contributed by atoms with E-state index in [-0.39, 0.29) is 0 Å². The van der Waals surface area contributed by atoms with E-state index < -0.39 is 0 Å². The Labute approximate surface area is 133 Å². The summed E-state index contributed by atoms with van der Waals surface area (Å²) in [6.07, 6.45) is 1.96. The highest BCUT2D eigenvalue weighted by atomic mass is 35.5. The third kappa shape index (κ3) is 3.09. The lowest BCUT2D eigenvalue weighted by molar-refractivity contribution is 0.576. The van der Waals surface area contributed by atoms with E-state index in [1.54, 1.807) is 11.3 Å². The summed E-state index contributed by atoms with van der Waals surface area (Å²) >= 11 is 8.07. The van der Waals surface area contributed by atoms with Crippen molar-refractivity contribution in [2.24, 2.45) is 5.92 Å². The fraction of sp³-hybridized carbons (Fsp3) is 0.294. The van der Waals surface area contributed by atoms with Crippen LogP contribution in [0.5, 0.6) is 0 Å². The molecule has 0 amide bonds. The molecule has 0 aliphatic heterocycles. The maximum atomic E-state index is 6.43. The van der Waals surface area contributed by atoms with Crippen LogP contribution in [0, 0.1) is 5.92 Å². The molecule has 0 radical (unpaired) electrons. The zero-order chi connectivity index (χ0) is 14.8. The SMILES string of the molecule is CC(C)CCc1nc(Cl)c2c(-c3ccccc3)csc2n1. The molecule has 0 N–H and O–H groups in total. The van der Waals surface area contributed by atoms with E-state index in [1.165, 1.54) is 0 Å². The van der Waals surface area contributed by atoms with Gasteiger partial charge >= 0.3 is 0 Å². The summed E-state index contributed by atoms with van der Waals surface area (Å²) < 4.78 is 0. The minimum absolute atomic E-state index is 0.568. The molecule has 3 aromatic rings. The Balaban J connectivity index is 2.03. The van der Waals surface area contributed by atoms with Gasteiger partial charge in [-0.2, -0.15) is 0 Å². The second-order valence-corrected chi connectivity index (χ2v) is 6.77. The molecule has 0 saturated heterocycles. The van der Waals surface area contributed by atoms with Gasteiger partial charge in [-0.25, -0.2) is 9.97 Å². The molecule has 108 valence electrons. The van der Waals surface area contributed by atoms with Crippen LogP contribution in [0.1, 0.15) is 26.1 Å². The molecule has 4 heteroatoms. The fourth-order valence-electron chi connectivity index (χ4n) is 2.30. The number of fused-ring (bicyclic) bond motifs is 1. The predicted molar refractivity (Wildman–Crippen MR) is 91.0 cm³/mol. The van der Waals surface area contributed by atoms with Crippen molar-refractivity contribution in [3.05, 3.63) is 46.7 Å². The van der Waals surface area contributed by atoms with Crippen LogP contribution in [0.15, 0.2) is 35.7 Å². The van der Waals surface area contributed by atoms with Gasteiger partial charge in [0.25, 0.3) is 0 Å². The second-order valence-electron chi connectivity index (χ2n) is 5.56. The van der Waals surface area contributed by atoms with Crippen molar-refractivity contribution in [2.75, 3.05) is 0 Å². The van der Waals surface area contributed by atoms with Crippen molar-refractivity contribution in [3.8, 4) is 11.1 Å². The number of rotatable bonds is 4. The number of nitrogens with zero attached hydrogens (tertiary/aromatic N) is 2. The highest BCUT2D eigenvalue weighted by Crippen LogP contribution is 2.36. The summed E-state index contributed by atoms with van der Waals surface area (Å²) in [6, 6.07) is 10.3. The zero-order valence-corrected chi connectivity index (χ0v) is 13.7. The zero-order valence-electron chi connectivity index (χ0n) is 12.1. The molecular formula is C17H17ClN2S. The first kappa shape index (κ1) is 14.5. The minimum atomic E-state index is 0.568. The van der Waals surface area contributed by atoms with E-state index in [2.05, 4.69) is 41.3 Å². The summed E-state index contributed by atoms with van der Waals surface area (Å²) in [4.78, 5) is 10.1. The van der Waals surface area contributed by atoms with Gasteiger partial charge in [0, 0.05) is 17.4 Å². The molecule has 0 aliphatic rings. The minimum Gasteiger partial charge on any atom is -0.222 e. The van der Waals surface area contributed by atoms with Gasteiger partial charge in [0.2, 0.25) is 0 Å². The van der Waals surface area contributed by atoms with Crippen LogP contribution in [0.3, 0.4) is 0 Å². The van der Waals surface area contributed by atoms with E-state index in [9.17, 15) is 0 Å². The van der Waals surface area contributed by atoms with E-state index >= 15 is 0 Å². The van der Waals surface area contributed by atoms with Gasteiger partial charge in [-0.15, -0.1) is 11.3 Å². The molecule has 2 heterocycles. The normalized spacial score (nSPS) is 11.4. The molecular weight excluding hydrogens is 300 g/mol. The summed E-state index contributed by atoms with van der Waals surface area (Å²) in [6.45, 7) is 4.41. The van der Waals surface area contributed by atoms with Crippen LogP contribution in [0.2, 0.25) is 5.15 Å². The Morgan fingerprint density at radius 1 is 1.14 bits per heavy atom. The molecule has 21 heavy (non-hydrogen) atoms. The van der Waals surface area contributed by atoms with E-state index in [0.29, 0.717) is 11.1 Å². The van der Waals surface area contributed by atoms with Gasteiger partial charge in [-0.05, 0) is 17.9 Å². The molecule has 0 fully saturated rings. The third-order valence-electron chi connectivity index (χ3n) is 3.47. The molecule has 0 saturated carbocycles. The second kappa shape index (κ2) is 6.12. The smallest absolute Gasteiger partial charge is 0.142 e. The summed E-state index contributed by atoms with van der Waals surface area (Å²) in [5.74, 6) is 1.49. The molecule has 0 spiro atoms. The predicted octanol–water partition coefficient (Wildman–Crippen LogP) is 5.60. The Morgan fingerprint density at radius 3 is 2.62 bits per heavy atom. The van der Waals surface area contributed by atoms with Gasteiger partial charge in [-0.3, -0.25) is 0 Å². The first-order valence-corrected chi connectivity index (χ1v) is 8.40. The summed E-state index contributed by atoms with van der Waals surface area (Å²) in [5.41, 5.74) is 2.28. The number of aryl methyl sites for hydroxylation is 1. The molecule has 0 aliphatic carbocycles. The van der Waals surface area contributed by atoms with Crippen molar-refractivity contribution < 1.29 is 0 Å². The van der Waals surface area contributed by atoms with Gasteiger partial charge in [0.15, 0.2) is 0 Å². The van der Waals surface area contributed by atoms with Crippen LogP contribution in [-0.4, -0.2) is 9.97 Å². The molecule has 3 rings (SSSR count). The van der Waals surface area contributed by atoms with Gasteiger partial charge in [0.1, 0.15) is 15.8 Å². The standard InChI is InChI=1S/C17H17ClN2S/c1-11(2)8-9-14-19-16(18)15-13(10-21-17(15)20-14)12-6-4-3-5-7-12/h3-7,10-11H,8-9H2,1-2H3. The van der Waals surface area contributed by atoms with Crippen LogP contribution < -0.4 is 0 Å². The highest BCUT2D eigenvalue weighted by molar-refractivity contribution is 7.17. The van der Waals surface area contributed by atoms with Crippen LogP contribution >= 0.6 is 22.9 Å². The van der Waals surface area contributed by atoms with Crippen molar-refractivity contribution in [3.63, 3.8) is 0 Å². The first-order valence-electron chi connectivity index (χ1n) is 7.14. The summed E-state index contributed by atoms with van der Waals surface area (Å²) in [7, 11) is 0. The van der Waals surface area contributed by atoms with E-state index in [1.807, 2.05) is 18.2 Å².